The van der Waals surface area contributed by atoms with Crippen LogP contribution >= 0.6 is 17.0 Å². The summed E-state index contributed by atoms with van der Waals surface area (Å²) in [6, 6.07) is 13.3. The summed E-state index contributed by atoms with van der Waals surface area (Å²) in [6.45, 7) is 0. The van der Waals surface area contributed by atoms with Gasteiger partial charge in [-0.2, -0.15) is 0 Å². The van der Waals surface area contributed by atoms with Gasteiger partial charge in [-0.05, 0) is 22.9 Å². The molecule has 0 aliphatic carbocycles. The smallest absolute Gasteiger partial charge is 0.116 e. The van der Waals surface area contributed by atoms with Crippen LogP contribution in [0.15, 0.2) is 42.5 Å². The Kier molecular flexibility index (Phi) is 2.71. The molecule has 0 fully saturated rings. The number of halogens is 1. The van der Waals surface area contributed by atoms with Gasteiger partial charge in [-0.3, -0.25) is 0 Å². The maximum Gasteiger partial charge on any atom is 0.116 e. The van der Waals surface area contributed by atoms with Crippen LogP contribution in [0.3, 0.4) is 0 Å². The number of fused-ring (bicyclic) bond motifs is 1. The number of rotatable bonds is 0. The standard InChI is InChI=1S/C10H8O.BrH/c11-10-6-5-8-3-1-2-4-9(8)7-10;/h1-7,11H;1H. The summed E-state index contributed by atoms with van der Waals surface area (Å²) in [7, 11) is 0. The van der Waals surface area contributed by atoms with E-state index >= 15 is 0 Å². The van der Waals surface area contributed by atoms with Crippen molar-refractivity contribution in [2.45, 2.75) is 0 Å². The van der Waals surface area contributed by atoms with Gasteiger partial charge in [0.15, 0.2) is 0 Å². The lowest BCUT2D eigenvalue weighted by Crippen LogP contribution is -1.69. The van der Waals surface area contributed by atoms with E-state index < -0.39 is 0 Å². The third-order valence-corrected chi connectivity index (χ3v) is 1.73. The number of phenols is 1. The Bertz CT molecular complexity index is 384. The van der Waals surface area contributed by atoms with Gasteiger partial charge >= 0.3 is 0 Å². The minimum atomic E-state index is 0. The first kappa shape index (κ1) is 9.07. The summed E-state index contributed by atoms with van der Waals surface area (Å²) in [5, 5.41) is 11.4. The first-order valence-electron chi connectivity index (χ1n) is 3.54. The summed E-state index contributed by atoms with van der Waals surface area (Å²) in [6.07, 6.45) is 0. The van der Waals surface area contributed by atoms with Gasteiger partial charge in [0.2, 0.25) is 0 Å². The molecule has 0 saturated carbocycles. The highest BCUT2D eigenvalue weighted by Gasteiger charge is 1.91. The molecule has 2 aromatic rings. The average molecular weight is 225 g/mol. The van der Waals surface area contributed by atoms with E-state index in [-0.39, 0.29) is 17.0 Å². The van der Waals surface area contributed by atoms with Crippen LogP contribution in [-0.4, -0.2) is 5.11 Å². The lowest BCUT2D eigenvalue weighted by molar-refractivity contribution is 0.476. The summed E-state index contributed by atoms with van der Waals surface area (Å²) < 4.78 is 0. The van der Waals surface area contributed by atoms with Crippen LogP contribution in [0.2, 0.25) is 0 Å². The van der Waals surface area contributed by atoms with Gasteiger partial charge in [0, 0.05) is 0 Å². The van der Waals surface area contributed by atoms with E-state index in [2.05, 4.69) is 0 Å². The summed E-state index contributed by atoms with van der Waals surface area (Å²) in [5.74, 6) is 0.323. The van der Waals surface area contributed by atoms with Crippen LogP contribution in [0.4, 0.5) is 0 Å². The molecule has 0 aliphatic heterocycles. The zero-order chi connectivity index (χ0) is 7.68. The Hall–Kier alpha value is -1.02. The van der Waals surface area contributed by atoms with E-state index in [1.807, 2.05) is 30.3 Å². The van der Waals surface area contributed by atoms with Gasteiger partial charge in [-0.1, -0.05) is 30.3 Å². The molecule has 0 aliphatic rings. The molecule has 0 radical (unpaired) electrons. The molecule has 1 N–H and O–H groups in total. The lowest BCUT2D eigenvalue weighted by atomic mass is 10.1. The van der Waals surface area contributed by atoms with Gasteiger partial charge in [-0.15, -0.1) is 17.0 Å². The topological polar surface area (TPSA) is 20.2 Å². The van der Waals surface area contributed by atoms with Crippen molar-refractivity contribution in [3.8, 4) is 5.75 Å². The first-order chi connectivity index (χ1) is 5.36. The van der Waals surface area contributed by atoms with Crippen molar-refractivity contribution in [2.24, 2.45) is 0 Å². The van der Waals surface area contributed by atoms with E-state index in [1.165, 1.54) is 0 Å². The maximum absolute atomic E-state index is 9.13. The van der Waals surface area contributed by atoms with Gasteiger partial charge in [-0.25, -0.2) is 0 Å². The molecule has 2 heteroatoms. The highest BCUT2D eigenvalue weighted by Crippen LogP contribution is 2.18. The number of hydrogen-bond acceptors (Lipinski definition) is 1. The largest absolute Gasteiger partial charge is 0.508 e. The normalized spacial score (nSPS) is 9.33. The molecule has 0 saturated heterocycles. The molecule has 1 nitrogen and oxygen atoms in total. The number of phenolic OH excluding ortho intramolecular Hbond substituents is 1. The number of aromatic hydroxyl groups is 1. The molecule has 12 heavy (non-hydrogen) atoms. The van der Waals surface area contributed by atoms with Gasteiger partial charge in [0.05, 0.1) is 0 Å². The molecular weight excluding hydrogens is 216 g/mol. The maximum atomic E-state index is 9.13. The zero-order valence-corrected chi connectivity index (χ0v) is 8.11. The van der Waals surface area contributed by atoms with Crippen molar-refractivity contribution in [3.05, 3.63) is 42.5 Å². The summed E-state index contributed by atoms with van der Waals surface area (Å²) in [5.41, 5.74) is 0. The molecule has 62 valence electrons. The van der Waals surface area contributed by atoms with Crippen molar-refractivity contribution in [1.29, 1.82) is 0 Å². The van der Waals surface area contributed by atoms with Crippen molar-refractivity contribution in [2.75, 3.05) is 0 Å². The van der Waals surface area contributed by atoms with Crippen LogP contribution in [0.5, 0.6) is 5.75 Å². The van der Waals surface area contributed by atoms with Crippen molar-refractivity contribution in [1.82, 2.24) is 0 Å². The van der Waals surface area contributed by atoms with E-state index in [0.29, 0.717) is 5.75 Å². The molecule has 0 bridgehead atoms. The highest BCUT2D eigenvalue weighted by molar-refractivity contribution is 8.93. The fraction of sp³-hybridized carbons (Fsp3) is 0. The second-order valence-electron chi connectivity index (χ2n) is 2.53. The first-order valence-corrected chi connectivity index (χ1v) is 3.54. The third kappa shape index (κ3) is 1.59. The van der Waals surface area contributed by atoms with Gasteiger partial charge in [0.25, 0.3) is 0 Å². The van der Waals surface area contributed by atoms with E-state index in [1.54, 1.807) is 12.1 Å². The second kappa shape index (κ2) is 3.59. The van der Waals surface area contributed by atoms with Crippen molar-refractivity contribution < 1.29 is 5.11 Å². The third-order valence-electron chi connectivity index (χ3n) is 1.73. The van der Waals surface area contributed by atoms with Gasteiger partial charge < -0.3 is 5.11 Å². The summed E-state index contributed by atoms with van der Waals surface area (Å²) in [4.78, 5) is 0. The highest BCUT2D eigenvalue weighted by atomic mass is 79.9. The Labute approximate surface area is 81.4 Å². The SMILES string of the molecule is Br.Oc1ccc2ccccc2c1. The average Bonchev–Trinajstić information content (AvgIpc) is 2.04. The number of hydrogen-bond donors (Lipinski definition) is 1. The molecule has 0 spiro atoms. The molecule has 2 aromatic carbocycles. The lowest BCUT2D eigenvalue weighted by Gasteiger charge is -1.96. The van der Waals surface area contributed by atoms with Crippen LogP contribution in [0, 0.1) is 0 Å². The monoisotopic (exact) mass is 224 g/mol. The minimum Gasteiger partial charge on any atom is -0.508 e. The zero-order valence-electron chi connectivity index (χ0n) is 6.40. The molecule has 0 atom stereocenters. The van der Waals surface area contributed by atoms with Crippen LogP contribution < -0.4 is 0 Å². The minimum absolute atomic E-state index is 0. The quantitative estimate of drug-likeness (QED) is 0.730. The van der Waals surface area contributed by atoms with Gasteiger partial charge in [0.1, 0.15) is 5.75 Å². The molecule has 2 rings (SSSR count). The molecule has 0 unspecified atom stereocenters. The molecule has 0 aromatic heterocycles. The van der Waals surface area contributed by atoms with Crippen molar-refractivity contribution >= 4 is 27.8 Å². The molecular formula is C10H9BrO. The van der Waals surface area contributed by atoms with Crippen molar-refractivity contribution in [3.63, 3.8) is 0 Å². The van der Waals surface area contributed by atoms with E-state index in [4.69, 9.17) is 5.11 Å². The Balaban J connectivity index is 0.000000720. The van der Waals surface area contributed by atoms with Crippen LogP contribution in [0.25, 0.3) is 10.8 Å². The molecule has 0 heterocycles. The van der Waals surface area contributed by atoms with Crippen LogP contribution in [-0.2, 0) is 0 Å². The predicted octanol–water partition coefficient (Wildman–Crippen LogP) is 3.12. The van der Waals surface area contributed by atoms with Crippen LogP contribution in [0.1, 0.15) is 0 Å². The van der Waals surface area contributed by atoms with E-state index in [9.17, 15) is 0 Å². The predicted molar refractivity (Wildman–Crippen MR) is 55.9 cm³/mol. The fourth-order valence-electron chi connectivity index (χ4n) is 1.18. The van der Waals surface area contributed by atoms with E-state index in [0.717, 1.165) is 10.8 Å². The molecule has 0 amide bonds. The summed E-state index contributed by atoms with van der Waals surface area (Å²) >= 11 is 0. The Morgan fingerprint density at radius 2 is 1.50 bits per heavy atom. The second-order valence-corrected chi connectivity index (χ2v) is 2.53. The Morgan fingerprint density at radius 3 is 2.25 bits per heavy atom. The fourth-order valence-corrected chi connectivity index (χ4v) is 1.18. The Morgan fingerprint density at radius 1 is 0.833 bits per heavy atom. The number of benzene rings is 2.